The molecule has 0 bridgehead atoms. The van der Waals surface area contributed by atoms with E-state index in [0.29, 0.717) is 0 Å². The molecule has 0 aliphatic carbocycles. The lowest BCUT2D eigenvalue weighted by molar-refractivity contribution is -0.277. The van der Waals surface area contributed by atoms with Gasteiger partial charge in [0.1, 0.15) is 41.3 Å². The maximum atomic E-state index is 10.3. The summed E-state index contributed by atoms with van der Waals surface area (Å²) in [6.45, 7) is -0.695. The van der Waals surface area contributed by atoms with Gasteiger partial charge in [0, 0.05) is 24.3 Å². The molecule has 0 saturated carbocycles. The summed E-state index contributed by atoms with van der Waals surface area (Å²) in [5.74, 6) is -3.32. The molecule has 9 N–H and O–H groups in total. The SMILES string of the molecule is OC[C@@H]1O[C@@H](Oc2cc3c(O)cc(O)cc3[o+]c2-c2cc(O)c(O)c(O)c2)[C@H](O)[C@@H](O)[C@H]1O. The lowest BCUT2D eigenvalue weighted by atomic mass is 9.99. The van der Waals surface area contributed by atoms with Crippen molar-refractivity contribution in [1.82, 2.24) is 0 Å². The molecule has 4 rings (SSSR count). The van der Waals surface area contributed by atoms with E-state index >= 15 is 0 Å². The van der Waals surface area contributed by atoms with Gasteiger partial charge in [-0.3, -0.25) is 0 Å². The van der Waals surface area contributed by atoms with E-state index in [4.69, 9.17) is 13.9 Å². The molecule has 2 heterocycles. The Morgan fingerprint density at radius 1 is 0.818 bits per heavy atom. The zero-order valence-electron chi connectivity index (χ0n) is 16.7. The van der Waals surface area contributed by atoms with E-state index in [9.17, 15) is 46.0 Å². The number of aromatic hydroxyl groups is 5. The first-order chi connectivity index (χ1) is 15.6. The summed E-state index contributed by atoms with van der Waals surface area (Å²) in [5.41, 5.74) is -0.0529. The molecule has 5 atom stereocenters. The van der Waals surface area contributed by atoms with Crippen molar-refractivity contribution < 1.29 is 59.8 Å². The average Bonchev–Trinajstić information content (AvgIpc) is 2.77. The van der Waals surface area contributed by atoms with Gasteiger partial charge in [-0.2, -0.15) is 0 Å². The first-order valence-corrected chi connectivity index (χ1v) is 9.66. The van der Waals surface area contributed by atoms with Gasteiger partial charge in [0.15, 0.2) is 17.2 Å². The lowest BCUT2D eigenvalue weighted by Crippen LogP contribution is -2.60. The minimum absolute atomic E-state index is 0.0212. The molecule has 1 aliphatic rings. The largest absolute Gasteiger partial charge is 0.507 e. The molecule has 176 valence electrons. The van der Waals surface area contributed by atoms with Gasteiger partial charge >= 0.3 is 11.3 Å². The van der Waals surface area contributed by atoms with Gasteiger partial charge in [0.25, 0.3) is 0 Å². The van der Waals surface area contributed by atoms with E-state index in [-0.39, 0.29) is 33.8 Å². The Morgan fingerprint density at radius 2 is 1.48 bits per heavy atom. The second kappa shape index (κ2) is 8.42. The molecule has 0 radical (unpaired) electrons. The van der Waals surface area contributed by atoms with Crippen LogP contribution >= 0.6 is 0 Å². The molecule has 1 saturated heterocycles. The fourth-order valence-corrected chi connectivity index (χ4v) is 3.50. The summed E-state index contributed by atoms with van der Waals surface area (Å²) in [7, 11) is 0. The summed E-state index contributed by atoms with van der Waals surface area (Å²) in [4.78, 5) is 0. The van der Waals surface area contributed by atoms with E-state index in [0.717, 1.165) is 18.2 Å². The average molecular weight is 465 g/mol. The third-order valence-corrected chi connectivity index (χ3v) is 5.24. The van der Waals surface area contributed by atoms with E-state index in [1.807, 2.05) is 0 Å². The zero-order chi connectivity index (χ0) is 24.0. The predicted molar refractivity (Wildman–Crippen MR) is 109 cm³/mol. The van der Waals surface area contributed by atoms with Crippen molar-refractivity contribution in [2.75, 3.05) is 6.61 Å². The minimum Gasteiger partial charge on any atom is -0.507 e. The Hall–Kier alpha value is -3.55. The van der Waals surface area contributed by atoms with Crippen LogP contribution < -0.4 is 4.74 Å². The number of phenols is 5. The number of fused-ring (bicyclic) bond motifs is 1. The van der Waals surface area contributed by atoms with Crippen LogP contribution in [-0.2, 0) is 4.74 Å². The highest BCUT2D eigenvalue weighted by Gasteiger charge is 2.45. The molecule has 0 amide bonds. The molecule has 1 aliphatic heterocycles. The van der Waals surface area contributed by atoms with Gasteiger partial charge in [-0.05, 0) is 0 Å². The first-order valence-electron chi connectivity index (χ1n) is 9.66. The number of phenolic OH excluding ortho intramolecular Hbond substituents is 5. The monoisotopic (exact) mass is 465 g/mol. The number of benzene rings is 2. The van der Waals surface area contributed by atoms with Crippen LogP contribution in [0.15, 0.2) is 34.7 Å². The van der Waals surface area contributed by atoms with Gasteiger partial charge in [-0.25, -0.2) is 4.42 Å². The zero-order valence-corrected chi connectivity index (χ0v) is 16.7. The molecule has 12 nitrogen and oxygen atoms in total. The molecular formula is C21H21O12+. The topological polar surface area (TPSA) is 212 Å². The van der Waals surface area contributed by atoms with Crippen molar-refractivity contribution in [2.24, 2.45) is 0 Å². The number of aliphatic hydroxyl groups is 4. The summed E-state index contributed by atoms with van der Waals surface area (Å²) in [5, 5.41) is 89.2. The number of ether oxygens (including phenoxy) is 2. The number of rotatable bonds is 4. The maximum absolute atomic E-state index is 10.3. The maximum Gasteiger partial charge on any atom is 0.402 e. The Kier molecular flexibility index (Phi) is 5.78. The van der Waals surface area contributed by atoms with Crippen LogP contribution in [0, 0.1) is 0 Å². The number of aliphatic hydroxyl groups excluding tert-OH is 4. The molecule has 3 aromatic rings. The Bertz CT molecular complexity index is 1170. The van der Waals surface area contributed by atoms with Crippen molar-refractivity contribution in [1.29, 1.82) is 0 Å². The molecule has 2 aromatic carbocycles. The predicted octanol–water partition coefficient (Wildman–Crippen LogP) is 0.0876. The van der Waals surface area contributed by atoms with E-state index < -0.39 is 60.3 Å². The van der Waals surface area contributed by atoms with Crippen LogP contribution in [0.4, 0.5) is 0 Å². The molecule has 12 heteroatoms. The third kappa shape index (κ3) is 4.01. The highest BCUT2D eigenvalue weighted by atomic mass is 16.7. The van der Waals surface area contributed by atoms with Crippen molar-refractivity contribution in [3.63, 3.8) is 0 Å². The van der Waals surface area contributed by atoms with Crippen LogP contribution in [0.5, 0.6) is 34.5 Å². The fraction of sp³-hybridized carbons (Fsp3) is 0.286. The number of hydrogen-bond donors (Lipinski definition) is 9. The van der Waals surface area contributed by atoms with Crippen molar-refractivity contribution in [3.8, 4) is 45.8 Å². The molecule has 1 aromatic heterocycles. The summed E-state index contributed by atoms with van der Waals surface area (Å²) >= 11 is 0. The van der Waals surface area contributed by atoms with Gasteiger partial charge in [-0.1, -0.05) is 0 Å². The molecule has 0 spiro atoms. The van der Waals surface area contributed by atoms with Crippen LogP contribution in [0.3, 0.4) is 0 Å². The van der Waals surface area contributed by atoms with Gasteiger partial charge < -0.3 is 55.4 Å². The smallest absolute Gasteiger partial charge is 0.402 e. The van der Waals surface area contributed by atoms with E-state index in [1.54, 1.807) is 0 Å². The second-order valence-electron chi connectivity index (χ2n) is 7.49. The van der Waals surface area contributed by atoms with Crippen LogP contribution in [0.1, 0.15) is 0 Å². The van der Waals surface area contributed by atoms with Crippen molar-refractivity contribution in [2.45, 2.75) is 30.7 Å². The van der Waals surface area contributed by atoms with Crippen LogP contribution in [-0.4, -0.2) is 83.3 Å². The molecular weight excluding hydrogens is 444 g/mol. The quantitative estimate of drug-likeness (QED) is 0.185. The Labute approximate surface area is 185 Å². The molecule has 0 unspecified atom stereocenters. The van der Waals surface area contributed by atoms with Crippen molar-refractivity contribution >= 4 is 11.0 Å². The van der Waals surface area contributed by atoms with Gasteiger partial charge in [0.2, 0.25) is 12.0 Å². The minimum atomic E-state index is -1.76. The lowest BCUT2D eigenvalue weighted by Gasteiger charge is -2.39. The second-order valence-corrected chi connectivity index (χ2v) is 7.49. The molecule has 33 heavy (non-hydrogen) atoms. The first kappa shape index (κ1) is 22.6. The summed E-state index contributed by atoms with van der Waals surface area (Å²) in [6.07, 6.45) is -7.99. The normalized spacial score (nSPS) is 25.3. The van der Waals surface area contributed by atoms with Crippen LogP contribution in [0.25, 0.3) is 22.3 Å². The van der Waals surface area contributed by atoms with Gasteiger partial charge in [-0.15, -0.1) is 0 Å². The van der Waals surface area contributed by atoms with Crippen LogP contribution in [0.2, 0.25) is 0 Å². The summed E-state index contributed by atoms with van der Waals surface area (Å²) in [6, 6.07) is 5.51. The Morgan fingerprint density at radius 3 is 2.12 bits per heavy atom. The standard InChI is InChI=1S/C21H20O12/c22-6-15-17(28)18(29)19(30)21(33-15)32-14-5-9-10(24)3-8(23)4-13(9)31-20(14)7-1-11(25)16(27)12(26)2-7/h1-5,15,17-19,21-22,28-30H,6H2,(H4-,23,24,25,26,27)/p+1/t15-,17-,18-,19+,21+/m0/s1. The molecule has 1 fully saturated rings. The number of hydrogen-bond acceptors (Lipinski definition) is 11. The fourth-order valence-electron chi connectivity index (χ4n) is 3.50. The van der Waals surface area contributed by atoms with Crippen molar-refractivity contribution in [3.05, 3.63) is 30.3 Å². The summed E-state index contributed by atoms with van der Waals surface area (Å²) < 4.78 is 16.7. The van der Waals surface area contributed by atoms with Gasteiger partial charge in [0.05, 0.1) is 18.2 Å². The van der Waals surface area contributed by atoms with E-state index in [2.05, 4.69) is 0 Å². The third-order valence-electron chi connectivity index (χ3n) is 5.24. The Balaban J connectivity index is 1.86. The highest BCUT2D eigenvalue weighted by molar-refractivity contribution is 5.88. The van der Waals surface area contributed by atoms with E-state index in [1.165, 1.54) is 12.1 Å². The highest BCUT2D eigenvalue weighted by Crippen LogP contribution is 2.44.